The van der Waals surface area contributed by atoms with Crippen molar-refractivity contribution < 1.29 is 0 Å². The SMILES string of the molecule is CCCCCCCCC([CH]C(CC)CCCCCCC)CCCCCCC. The molecule has 0 nitrogen and oxygen atoms in total. The van der Waals surface area contributed by atoms with Crippen LogP contribution < -0.4 is 0 Å². The van der Waals surface area contributed by atoms with E-state index < -0.39 is 0 Å². The van der Waals surface area contributed by atoms with Crippen LogP contribution in [0.15, 0.2) is 0 Å². The molecule has 0 bridgehead atoms. The first-order chi connectivity index (χ1) is 13.3. The van der Waals surface area contributed by atoms with Gasteiger partial charge in [0.05, 0.1) is 0 Å². The van der Waals surface area contributed by atoms with Crippen LogP contribution in [0, 0.1) is 18.3 Å². The second kappa shape index (κ2) is 22.3. The van der Waals surface area contributed by atoms with Gasteiger partial charge in [-0.25, -0.2) is 0 Å². The van der Waals surface area contributed by atoms with Crippen molar-refractivity contribution in [3.8, 4) is 0 Å². The summed E-state index contributed by atoms with van der Waals surface area (Å²) in [5.41, 5.74) is 0. The van der Waals surface area contributed by atoms with Crippen molar-refractivity contribution in [3.63, 3.8) is 0 Å². The molecule has 0 saturated heterocycles. The molecular weight excluding hydrogens is 324 g/mol. The Labute approximate surface area is 174 Å². The summed E-state index contributed by atoms with van der Waals surface area (Å²) in [6.45, 7) is 9.37. The lowest BCUT2D eigenvalue weighted by atomic mass is 9.83. The Kier molecular flexibility index (Phi) is 22.3. The highest BCUT2D eigenvalue weighted by Gasteiger charge is 2.15. The third-order valence-corrected chi connectivity index (χ3v) is 6.35. The third kappa shape index (κ3) is 19.1. The molecular formula is C27H55. The predicted octanol–water partition coefficient (Wildman–Crippen LogP) is 10.3. The zero-order chi connectivity index (χ0) is 20.0. The van der Waals surface area contributed by atoms with E-state index in [2.05, 4.69) is 34.1 Å². The zero-order valence-corrected chi connectivity index (χ0v) is 19.9. The van der Waals surface area contributed by atoms with E-state index in [1.807, 2.05) is 0 Å². The van der Waals surface area contributed by atoms with E-state index in [0.29, 0.717) is 0 Å². The molecule has 1 radical (unpaired) electrons. The number of hydrogen-bond donors (Lipinski definition) is 0. The van der Waals surface area contributed by atoms with Gasteiger partial charge in [-0.15, -0.1) is 0 Å². The first-order valence-corrected chi connectivity index (χ1v) is 13.1. The molecule has 0 heteroatoms. The fourth-order valence-corrected chi connectivity index (χ4v) is 4.37. The average Bonchev–Trinajstić information content (AvgIpc) is 2.68. The molecule has 0 aromatic rings. The van der Waals surface area contributed by atoms with Crippen LogP contribution in [0.5, 0.6) is 0 Å². The Morgan fingerprint density at radius 2 is 0.741 bits per heavy atom. The minimum absolute atomic E-state index is 0.882. The molecule has 0 aliphatic carbocycles. The summed E-state index contributed by atoms with van der Waals surface area (Å²) in [5.74, 6) is 1.78. The summed E-state index contributed by atoms with van der Waals surface area (Å²) in [6, 6.07) is 0. The van der Waals surface area contributed by atoms with E-state index in [0.717, 1.165) is 11.8 Å². The van der Waals surface area contributed by atoms with E-state index in [9.17, 15) is 0 Å². The summed E-state index contributed by atoms with van der Waals surface area (Å²) in [6.07, 6.45) is 31.5. The maximum absolute atomic E-state index is 2.81. The Bertz CT molecular complexity index is 257. The van der Waals surface area contributed by atoms with Crippen molar-refractivity contribution in [2.45, 2.75) is 156 Å². The van der Waals surface area contributed by atoms with Crippen LogP contribution >= 0.6 is 0 Å². The van der Waals surface area contributed by atoms with Gasteiger partial charge >= 0.3 is 0 Å². The van der Waals surface area contributed by atoms with Crippen LogP contribution in [-0.2, 0) is 0 Å². The van der Waals surface area contributed by atoms with E-state index in [1.54, 1.807) is 0 Å². The largest absolute Gasteiger partial charge is 0.0654 e. The highest BCUT2D eigenvalue weighted by atomic mass is 14.2. The first kappa shape index (κ1) is 27.0. The van der Waals surface area contributed by atoms with Gasteiger partial charge < -0.3 is 0 Å². The standard InChI is InChI=1S/C27H55/c1-5-9-12-15-18-21-24-27(23-20-17-14-11-7-3)25-26(8-4)22-19-16-13-10-6-2/h25-27H,5-24H2,1-4H3. The normalized spacial score (nSPS) is 13.8. The second-order valence-corrected chi connectivity index (χ2v) is 9.08. The molecule has 0 rings (SSSR count). The van der Waals surface area contributed by atoms with E-state index >= 15 is 0 Å². The Morgan fingerprint density at radius 3 is 1.11 bits per heavy atom. The van der Waals surface area contributed by atoms with Crippen molar-refractivity contribution in [3.05, 3.63) is 6.42 Å². The molecule has 0 N–H and O–H groups in total. The number of unbranched alkanes of at least 4 members (excludes halogenated alkanes) is 13. The van der Waals surface area contributed by atoms with Gasteiger partial charge in [0.25, 0.3) is 0 Å². The van der Waals surface area contributed by atoms with Gasteiger partial charge in [0.1, 0.15) is 0 Å². The van der Waals surface area contributed by atoms with Gasteiger partial charge in [0.2, 0.25) is 0 Å². The van der Waals surface area contributed by atoms with E-state index in [1.165, 1.54) is 128 Å². The predicted molar refractivity (Wildman–Crippen MR) is 126 cm³/mol. The van der Waals surface area contributed by atoms with Crippen LogP contribution in [-0.4, -0.2) is 0 Å². The van der Waals surface area contributed by atoms with Crippen molar-refractivity contribution in [1.29, 1.82) is 0 Å². The lowest BCUT2D eigenvalue weighted by Crippen LogP contribution is -2.10. The van der Waals surface area contributed by atoms with Crippen LogP contribution in [0.1, 0.15) is 156 Å². The van der Waals surface area contributed by atoms with Crippen LogP contribution in [0.4, 0.5) is 0 Å². The lowest BCUT2D eigenvalue weighted by Gasteiger charge is -2.23. The minimum atomic E-state index is 0.882. The van der Waals surface area contributed by atoms with E-state index in [-0.39, 0.29) is 0 Å². The van der Waals surface area contributed by atoms with Gasteiger partial charge in [-0.1, -0.05) is 156 Å². The lowest BCUT2D eigenvalue weighted by molar-refractivity contribution is 0.379. The molecule has 0 aromatic heterocycles. The van der Waals surface area contributed by atoms with Crippen molar-refractivity contribution in [2.75, 3.05) is 0 Å². The maximum Gasteiger partial charge on any atom is -0.0324 e. The monoisotopic (exact) mass is 379 g/mol. The number of rotatable bonds is 22. The molecule has 0 heterocycles. The Morgan fingerprint density at radius 1 is 0.407 bits per heavy atom. The molecule has 0 aliphatic heterocycles. The Balaban J connectivity index is 4.13. The molecule has 0 aliphatic rings. The smallest absolute Gasteiger partial charge is 0.0324 e. The molecule has 0 aromatic carbocycles. The van der Waals surface area contributed by atoms with Crippen LogP contribution in [0.3, 0.4) is 0 Å². The van der Waals surface area contributed by atoms with Gasteiger partial charge in [0, 0.05) is 0 Å². The summed E-state index contributed by atoms with van der Waals surface area (Å²) in [5, 5.41) is 0. The van der Waals surface area contributed by atoms with Gasteiger partial charge in [-0.3, -0.25) is 0 Å². The molecule has 0 saturated carbocycles. The summed E-state index contributed by atoms with van der Waals surface area (Å²) < 4.78 is 0. The topological polar surface area (TPSA) is 0 Å². The molecule has 2 atom stereocenters. The average molecular weight is 380 g/mol. The summed E-state index contributed by atoms with van der Waals surface area (Å²) >= 11 is 0. The van der Waals surface area contributed by atoms with Crippen molar-refractivity contribution in [1.82, 2.24) is 0 Å². The van der Waals surface area contributed by atoms with Gasteiger partial charge in [-0.2, -0.15) is 0 Å². The zero-order valence-electron chi connectivity index (χ0n) is 19.9. The first-order valence-electron chi connectivity index (χ1n) is 13.1. The fourth-order valence-electron chi connectivity index (χ4n) is 4.37. The molecule has 27 heavy (non-hydrogen) atoms. The fraction of sp³-hybridized carbons (Fsp3) is 0.963. The maximum atomic E-state index is 2.81. The van der Waals surface area contributed by atoms with Crippen molar-refractivity contribution in [2.24, 2.45) is 11.8 Å². The number of hydrogen-bond acceptors (Lipinski definition) is 0. The van der Waals surface area contributed by atoms with Crippen LogP contribution in [0.2, 0.25) is 0 Å². The molecule has 2 unspecified atom stereocenters. The second-order valence-electron chi connectivity index (χ2n) is 9.08. The highest BCUT2D eigenvalue weighted by molar-refractivity contribution is 4.83. The molecule has 0 amide bonds. The summed E-state index contributed by atoms with van der Waals surface area (Å²) in [7, 11) is 0. The van der Waals surface area contributed by atoms with E-state index in [4.69, 9.17) is 0 Å². The Hall–Kier alpha value is 0. The molecule has 0 spiro atoms. The highest BCUT2D eigenvalue weighted by Crippen LogP contribution is 2.28. The quantitative estimate of drug-likeness (QED) is 0.164. The van der Waals surface area contributed by atoms with Gasteiger partial charge in [-0.05, 0) is 18.3 Å². The van der Waals surface area contributed by atoms with Crippen molar-refractivity contribution >= 4 is 0 Å². The van der Waals surface area contributed by atoms with Gasteiger partial charge in [0.15, 0.2) is 0 Å². The summed E-state index contributed by atoms with van der Waals surface area (Å²) in [4.78, 5) is 0. The molecule has 163 valence electrons. The minimum Gasteiger partial charge on any atom is -0.0654 e. The van der Waals surface area contributed by atoms with Crippen LogP contribution in [0.25, 0.3) is 0 Å². The third-order valence-electron chi connectivity index (χ3n) is 6.35. The molecule has 0 fully saturated rings.